The normalized spacial score (nSPS) is 11.7. The topological polar surface area (TPSA) is 37.4 Å². The maximum absolute atomic E-state index is 13.1. The fourth-order valence-corrected chi connectivity index (χ4v) is 2.55. The van der Waals surface area contributed by atoms with Crippen LogP contribution in [0, 0.1) is 0 Å². The molecule has 0 fully saturated rings. The zero-order valence-electron chi connectivity index (χ0n) is 9.51. The van der Waals surface area contributed by atoms with Gasteiger partial charge < -0.3 is 4.90 Å². The quantitative estimate of drug-likeness (QED) is 0.772. The minimum absolute atomic E-state index is 0.279. The van der Waals surface area contributed by atoms with Crippen molar-refractivity contribution in [3.8, 4) is 0 Å². The van der Waals surface area contributed by atoms with Crippen LogP contribution in [0.4, 0.5) is 9.57 Å². The summed E-state index contributed by atoms with van der Waals surface area (Å²) >= 11 is 0. The highest BCUT2D eigenvalue weighted by molar-refractivity contribution is 7.86. The number of fused-ring (bicyclic) bond motifs is 1. The monoisotopic (exact) mass is 253 g/mol. The SMILES string of the molecule is CN(C)c1cccc2c(S(=O)(=O)F)cccc12. The van der Waals surface area contributed by atoms with E-state index in [1.807, 2.05) is 25.1 Å². The molecule has 0 amide bonds. The van der Waals surface area contributed by atoms with Gasteiger partial charge >= 0.3 is 10.2 Å². The summed E-state index contributed by atoms with van der Waals surface area (Å²) in [7, 11) is -0.985. The second-order valence-electron chi connectivity index (χ2n) is 3.96. The Morgan fingerprint density at radius 2 is 1.59 bits per heavy atom. The molecule has 90 valence electrons. The Labute approximate surface area is 99.7 Å². The van der Waals surface area contributed by atoms with Crippen LogP contribution in [0.5, 0.6) is 0 Å². The standard InChI is InChI=1S/C12H12FNO2S/c1-14(2)11-7-3-6-10-9(11)5-4-8-12(10)17(13,15)16/h3-8H,1-2H3. The Kier molecular flexibility index (Phi) is 2.79. The molecule has 5 heteroatoms. The molecule has 0 saturated carbocycles. The van der Waals surface area contributed by atoms with Crippen molar-refractivity contribution in [3.63, 3.8) is 0 Å². The van der Waals surface area contributed by atoms with Crippen LogP contribution in [0.3, 0.4) is 0 Å². The minimum Gasteiger partial charge on any atom is -0.377 e. The highest BCUT2D eigenvalue weighted by Gasteiger charge is 2.16. The summed E-state index contributed by atoms with van der Waals surface area (Å²) in [6.07, 6.45) is 0. The predicted octanol–water partition coefficient (Wildman–Crippen LogP) is 2.56. The molecule has 0 aliphatic rings. The lowest BCUT2D eigenvalue weighted by atomic mass is 10.1. The summed E-state index contributed by atoms with van der Waals surface area (Å²) in [5.74, 6) is 0. The molecule has 0 atom stereocenters. The lowest BCUT2D eigenvalue weighted by Crippen LogP contribution is -2.09. The Bertz CT molecular complexity index is 665. The van der Waals surface area contributed by atoms with Gasteiger partial charge in [0.1, 0.15) is 4.90 Å². The Balaban J connectivity index is 2.89. The van der Waals surface area contributed by atoms with E-state index in [1.54, 1.807) is 24.3 Å². The Morgan fingerprint density at radius 3 is 2.18 bits per heavy atom. The first-order chi connectivity index (χ1) is 7.91. The Morgan fingerprint density at radius 1 is 1.00 bits per heavy atom. The van der Waals surface area contributed by atoms with Crippen molar-refractivity contribution in [1.29, 1.82) is 0 Å². The third-order valence-electron chi connectivity index (χ3n) is 2.60. The molecule has 0 bridgehead atoms. The van der Waals surface area contributed by atoms with E-state index in [2.05, 4.69) is 0 Å². The van der Waals surface area contributed by atoms with E-state index >= 15 is 0 Å². The summed E-state index contributed by atoms with van der Waals surface area (Å²) in [5, 5.41) is 1.12. The maximum atomic E-state index is 13.1. The molecule has 0 radical (unpaired) electrons. The van der Waals surface area contributed by atoms with E-state index in [4.69, 9.17) is 0 Å². The number of hydrogen-bond donors (Lipinski definition) is 0. The maximum Gasteiger partial charge on any atom is 0.332 e. The molecule has 0 unspecified atom stereocenters. The van der Waals surface area contributed by atoms with E-state index in [0.29, 0.717) is 5.39 Å². The van der Waals surface area contributed by atoms with Crippen LogP contribution in [0.25, 0.3) is 10.8 Å². The van der Waals surface area contributed by atoms with Gasteiger partial charge in [-0.05, 0) is 12.1 Å². The fourth-order valence-electron chi connectivity index (χ4n) is 1.87. The number of hydrogen-bond acceptors (Lipinski definition) is 3. The van der Waals surface area contributed by atoms with Gasteiger partial charge in [0.05, 0.1) is 0 Å². The number of anilines is 1. The van der Waals surface area contributed by atoms with E-state index < -0.39 is 10.2 Å². The molecule has 2 rings (SSSR count). The van der Waals surface area contributed by atoms with Crippen LogP contribution in [0.15, 0.2) is 41.3 Å². The van der Waals surface area contributed by atoms with Crippen LogP contribution in [0.1, 0.15) is 0 Å². The van der Waals surface area contributed by atoms with Gasteiger partial charge in [0, 0.05) is 30.6 Å². The van der Waals surface area contributed by atoms with Crippen LogP contribution >= 0.6 is 0 Å². The third-order valence-corrected chi connectivity index (χ3v) is 3.48. The zero-order chi connectivity index (χ0) is 12.6. The molecule has 0 heterocycles. The molecule has 0 aliphatic carbocycles. The molecule has 0 aromatic heterocycles. The van der Waals surface area contributed by atoms with Gasteiger partial charge in [0.2, 0.25) is 0 Å². The van der Waals surface area contributed by atoms with Gasteiger partial charge in [-0.3, -0.25) is 0 Å². The van der Waals surface area contributed by atoms with E-state index in [9.17, 15) is 12.3 Å². The average Bonchev–Trinajstić information content (AvgIpc) is 2.26. The van der Waals surface area contributed by atoms with Crippen LogP contribution in [-0.4, -0.2) is 22.5 Å². The minimum atomic E-state index is -4.69. The molecule has 17 heavy (non-hydrogen) atoms. The van der Waals surface area contributed by atoms with Gasteiger partial charge in [0.15, 0.2) is 0 Å². The van der Waals surface area contributed by atoms with Gasteiger partial charge in [0.25, 0.3) is 0 Å². The lowest BCUT2D eigenvalue weighted by Gasteiger charge is -2.15. The summed E-state index contributed by atoms with van der Waals surface area (Å²) in [6, 6.07) is 9.77. The van der Waals surface area contributed by atoms with Gasteiger partial charge in [-0.25, -0.2) is 0 Å². The summed E-state index contributed by atoms with van der Waals surface area (Å²) < 4.78 is 35.2. The van der Waals surface area contributed by atoms with Crippen molar-refractivity contribution in [2.24, 2.45) is 0 Å². The van der Waals surface area contributed by atoms with Crippen LogP contribution < -0.4 is 4.90 Å². The third kappa shape index (κ3) is 2.10. The van der Waals surface area contributed by atoms with Crippen molar-refractivity contribution in [1.82, 2.24) is 0 Å². The molecule has 3 nitrogen and oxygen atoms in total. The van der Waals surface area contributed by atoms with Crippen LogP contribution in [-0.2, 0) is 10.2 Å². The molecule has 0 saturated heterocycles. The highest BCUT2D eigenvalue weighted by Crippen LogP contribution is 2.30. The number of rotatable bonds is 2. The highest BCUT2D eigenvalue weighted by atomic mass is 32.3. The van der Waals surface area contributed by atoms with Crippen molar-refractivity contribution in [2.45, 2.75) is 4.90 Å². The molecule has 0 spiro atoms. The van der Waals surface area contributed by atoms with Gasteiger partial charge in [-0.1, -0.05) is 24.3 Å². The molecule has 2 aromatic rings. The first-order valence-corrected chi connectivity index (χ1v) is 6.43. The molecule has 0 aliphatic heterocycles. The second-order valence-corrected chi connectivity index (χ2v) is 5.28. The number of benzene rings is 2. The predicted molar refractivity (Wildman–Crippen MR) is 66.6 cm³/mol. The second kappa shape index (κ2) is 4.00. The number of halogens is 1. The smallest absolute Gasteiger partial charge is 0.332 e. The van der Waals surface area contributed by atoms with E-state index in [1.165, 1.54) is 6.07 Å². The molecule has 2 aromatic carbocycles. The molecular formula is C12H12FNO2S. The summed E-state index contributed by atoms with van der Waals surface area (Å²) in [4.78, 5) is 1.58. The largest absolute Gasteiger partial charge is 0.377 e. The summed E-state index contributed by atoms with van der Waals surface area (Å²) in [6.45, 7) is 0. The summed E-state index contributed by atoms with van der Waals surface area (Å²) in [5.41, 5.74) is 0.855. The zero-order valence-corrected chi connectivity index (χ0v) is 10.3. The fraction of sp³-hybridized carbons (Fsp3) is 0.167. The van der Waals surface area contributed by atoms with Crippen LogP contribution in [0.2, 0.25) is 0 Å². The molecule has 0 N–H and O–H groups in total. The van der Waals surface area contributed by atoms with Crippen molar-refractivity contribution in [2.75, 3.05) is 19.0 Å². The Hall–Kier alpha value is -1.62. The first-order valence-electron chi connectivity index (χ1n) is 5.05. The number of nitrogens with zero attached hydrogens (tertiary/aromatic N) is 1. The van der Waals surface area contributed by atoms with Gasteiger partial charge in [-0.15, -0.1) is 3.89 Å². The average molecular weight is 253 g/mol. The lowest BCUT2D eigenvalue weighted by molar-refractivity contribution is 0.553. The van der Waals surface area contributed by atoms with Gasteiger partial charge in [-0.2, -0.15) is 8.42 Å². The van der Waals surface area contributed by atoms with Crippen molar-refractivity contribution >= 4 is 26.7 Å². The van der Waals surface area contributed by atoms with E-state index in [-0.39, 0.29) is 4.90 Å². The molecular weight excluding hydrogens is 241 g/mol. The van der Waals surface area contributed by atoms with Crippen molar-refractivity contribution in [3.05, 3.63) is 36.4 Å². The first kappa shape index (κ1) is 11.9. The van der Waals surface area contributed by atoms with Crippen molar-refractivity contribution < 1.29 is 12.3 Å². The van der Waals surface area contributed by atoms with E-state index in [0.717, 1.165) is 11.1 Å².